The fourth-order valence-corrected chi connectivity index (χ4v) is 8.90. The Kier molecular flexibility index (Phi) is 54.1. The summed E-state index contributed by atoms with van der Waals surface area (Å²) in [6, 6.07) is -0.545. The monoisotopic (exact) mass is 928 g/mol. The van der Waals surface area contributed by atoms with Crippen molar-refractivity contribution in [1.82, 2.24) is 5.32 Å². The Hall–Kier alpha value is -1.92. The molecule has 3 N–H and O–H groups in total. The summed E-state index contributed by atoms with van der Waals surface area (Å²) < 4.78 is 5.48. The molecule has 0 aromatic rings. The molecule has 0 heterocycles. The summed E-state index contributed by atoms with van der Waals surface area (Å²) >= 11 is 0. The summed E-state index contributed by atoms with van der Waals surface area (Å²) in [5.74, 6) is -0.0419. The Morgan fingerprint density at radius 3 is 1.20 bits per heavy atom. The van der Waals surface area contributed by atoms with Crippen molar-refractivity contribution in [3.05, 3.63) is 36.5 Å². The molecular weight excluding hydrogens is 815 g/mol. The topological polar surface area (TPSA) is 95.9 Å². The molecule has 2 atom stereocenters. The summed E-state index contributed by atoms with van der Waals surface area (Å²) in [6.07, 6.45) is 68.6. The molecule has 0 saturated heterocycles. The molecule has 0 aliphatic heterocycles. The Bertz CT molecular complexity index is 1070. The van der Waals surface area contributed by atoms with Crippen LogP contribution < -0.4 is 5.32 Å². The average Bonchev–Trinajstić information content (AvgIpc) is 3.32. The van der Waals surface area contributed by atoms with Crippen LogP contribution in [-0.4, -0.2) is 47.4 Å². The van der Waals surface area contributed by atoms with E-state index in [2.05, 4.69) is 55.6 Å². The van der Waals surface area contributed by atoms with Gasteiger partial charge in [0.25, 0.3) is 0 Å². The summed E-state index contributed by atoms with van der Waals surface area (Å²) in [7, 11) is 0. The van der Waals surface area contributed by atoms with Crippen LogP contribution >= 0.6 is 0 Å². The lowest BCUT2D eigenvalue weighted by Gasteiger charge is -2.22. The van der Waals surface area contributed by atoms with E-state index in [-0.39, 0.29) is 18.5 Å². The van der Waals surface area contributed by atoms with Gasteiger partial charge in [-0.3, -0.25) is 9.59 Å². The second-order valence-corrected chi connectivity index (χ2v) is 20.0. The van der Waals surface area contributed by atoms with Crippen molar-refractivity contribution in [1.29, 1.82) is 0 Å². The van der Waals surface area contributed by atoms with Crippen molar-refractivity contribution in [3.63, 3.8) is 0 Å². The van der Waals surface area contributed by atoms with E-state index in [1.807, 2.05) is 0 Å². The van der Waals surface area contributed by atoms with Gasteiger partial charge in [0, 0.05) is 12.8 Å². The maximum atomic E-state index is 12.4. The maximum absolute atomic E-state index is 12.4. The van der Waals surface area contributed by atoms with E-state index in [1.165, 1.54) is 225 Å². The van der Waals surface area contributed by atoms with Crippen molar-refractivity contribution < 1.29 is 24.5 Å². The largest absolute Gasteiger partial charge is 0.466 e. The van der Waals surface area contributed by atoms with Gasteiger partial charge in [0.2, 0.25) is 5.91 Å². The first-order valence-electron chi connectivity index (χ1n) is 29.2. The molecule has 2 unspecified atom stereocenters. The smallest absolute Gasteiger partial charge is 0.305 e. The van der Waals surface area contributed by atoms with Gasteiger partial charge in [-0.1, -0.05) is 249 Å². The molecule has 0 bridgehead atoms. The number of carbonyl (C=O) groups is 2. The Labute approximate surface area is 411 Å². The zero-order chi connectivity index (χ0) is 47.9. The van der Waals surface area contributed by atoms with Crippen molar-refractivity contribution in [2.24, 2.45) is 0 Å². The summed E-state index contributed by atoms with van der Waals surface area (Å²) in [5, 5.41) is 23.1. The number of amides is 1. The van der Waals surface area contributed by atoms with Gasteiger partial charge in [-0.25, -0.2) is 0 Å². The molecule has 1 amide bonds. The van der Waals surface area contributed by atoms with Crippen LogP contribution in [0.25, 0.3) is 0 Å². The van der Waals surface area contributed by atoms with E-state index in [4.69, 9.17) is 4.74 Å². The number of hydrogen-bond acceptors (Lipinski definition) is 5. The number of unbranched alkanes of at least 4 members (excludes halogenated alkanes) is 37. The number of hydrogen-bond donors (Lipinski definition) is 3. The van der Waals surface area contributed by atoms with Crippen LogP contribution in [0.15, 0.2) is 36.5 Å². The number of ether oxygens (including phenoxy) is 1. The van der Waals surface area contributed by atoms with Crippen LogP contribution in [0.3, 0.4) is 0 Å². The predicted octanol–water partition coefficient (Wildman–Crippen LogP) is 18.0. The van der Waals surface area contributed by atoms with E-state index < -0.39 is 12.1 Å². The third-order valence-electron chi connectivity index (χ3n) is 13.4. The summed E-state index contributed by atoms with van der Waals surface area (Å²) in [6.45, 7) is 4.91. The van der Waals surface area contributed by atoms with Gasteiger partial charge in [-0.15, -0.1) is 0 Å². The minimum atomic E-state index is -0.667. The molecule has 0 aliphatic rings. The van der Waals surface area contributed by atoms with Gasteiger partial charge in [-0.05, 0) is 83.5 Å². The molecule has 6 nitrogen and oxygen atoms in total. The van der Waals surface area contributed by atoms with Gasteiger partial charge in [0.15, 0.2) is 0 Å². The van der Waals surface area contributed by atoms with Crippen LogP contribution in [-0.2, 0) is 14.3 Å². The van der Waals surface area contributed by atoms with E-state index in [0.29, 0.717) is 25.9 Å². The fourth-order valence-electron chi connectivity index (χ4n) is 8.90. The lowest BCUT2D eigenvalue weighted by Crippen LogP contribution is -2.45. The number of esters is 1. The van der Waals surface area contributed by atoms with E-state index in [0.717, 1.165) is 51.4 Å². The third kappa shape index (κ3) is 51.5. The lowest BCUT2D eigenvalue weighted by molar-refractivity contribution is -0.143. The second-order valence-electron chi connectivity index (χ2n) is 20.0. The van der Waals surface area contributed by atoms with E-state index >= 15 is 0 Å². The van der Waals surface area contributed by atoms with Crippen molar-refractivity contribution >= 4 is 11.9 Å². The van der Waals surface area contributed by atoms with Gasteiger partial charge < -0.3 is 20.3 Å². The molecular formula is C60H113NO5. The number of aliphatic hydroxyl groups excluding tert-OH is 2. The van der Waals surface area contributed by atoms with Gasteiger partial charge in [-0.2, -0.15) is 0 Å². The highest BCUT2D eigenvalue weighted by atomic mass is 16.5. The van der Waals surface area contributed by atoms with Gasteiger partial charge in [0.1, 0.15) is 0 Å². The van der Waals surface area contributed by atoms with Gasteiger partial charge in [0.05, 0.1) is 25.4 Å². The molecule has 66 heavy (non-hydrogen) atoms. The van der Waals surface area contributed by atoms with Crippen molar-refractivity contribution in [2.75, 3.05) is 13.2 Å². The quantitative estimate of drug-likeness (QED) is 0.0321. The highest BCUT2D eigenvalue weighted by molar-refractivity contribution is 5.76. The van der Waals surface area contributed by atoms with Gasteiger partial charge >= 0.3 is 5.97 Å². The molecule has 0 rings (SSSR count). The first-order chi connectivity index (χ1) is 32.5. The first-order valence-corrected chi connectivity index (χ1v) is 29.2. The second kappa shape index (κ2) is 55.7. The molecule has 0 radical (unpaired) electrons. The highest BCUT2D eigenvalue weighted by Crippen LogP contribution is 2.16. The molecule has 0 saturated carbocycles. The minimum absolute atomic E-state index is 0.00191. The molecule has 0 aromatic carbocycles. The number of aliphatic hydroxyl groups is 2. The molecule has 6 heteroatoms. The SMILES string of the molecule is CCCCC/C=C\C/C=C\CCCCCCCCCC(=O)OCCCCCCCCCCCCC/C=C\CCCCCCCCCC(=O)NC(CO)C(O)CCCCCCCCCCCC. The molecule has 0 fully saturated rings. The normalized spacial score (nSPS) is 12.8. The van der Waals surface area contributed by atoms with Crippen molar-refractivity contribution in [2.45, 2.75) is 321 Å². The molecule has 0 spiro atoms. The standard InChI is InChI=1S/C60H113NO5/c1-3-5-7-9-11-13-15-16-17-24-28-31-34-38-42-46-50-54-60(65)66-55-51-47-43-39-35-32-29-26-23-21-19-18-20-22-25-27-30-33-37-41-45-49-53-59(64)61-57(56-62)58(63)52-48-44-40-36-14-12-10-8-6-4-2/h11,13,16-17,20,22,57-58,62-63H,3-10,12,14-15,18-19,21,23-56H2,1-2H3,(H,61,64)/b13-11-,17-16-,22-20-. The van der Waals surface area contributed by atoms with Crippen LogP contribution in [0.1, 0.15) is 309 Å². The summed E-state index contributed by atoms with van der Waals surface area (Å²) in [5.41, 5.74) is 0. The first kappa shape index (κ1) is 64.1. The van der Waals surface area contributed by atoms with Crippen LogP contribution in [0.4, 0.5) is 0 Å². The maximum Gasteiger partial charge on any atom is 0.305 e. The molecule has 388 valence electrons. The number of rotatable bonds is 54. The van der Waals surface area contributed by atoms with Crippen LogP contribution in [0, 0.1) is 0 Å². The van der Waals surface area contributed by atoms with Crippen LogP contribution in [0.2, 0.25) is 0 Å². The van der Waals surface area contributed by atoms with E-state index in [1.54, 1.807) is 0 Å². The zero-order valence-corrected chi connectivity index (χ0v) is 44.2. The third-order valence-corrected chi connectivity index (χ3v) is 13.4. The lowest BCUT2D eigenvalue weighted by atomic mass is 10.0. The fraction of sp³-hybridized carbons (Fsp3) is 0.867. The molecule has 0 aromatic heterocycles. The zero-order valence-electron chi connectivity index (χ0n) is 44.2. The Balaban J connectivity index is 3.39. The number of allylic oxidation sites excluding steroid dienone is 6. The number of nitrogens with one attached hydrogen (secondary N) is 1. The van der Waals surface area contributed by atoms with Crippen LogP contribution in [0.5, 0.6) is 0 Å². The van der Waals surface area contributed by atoms with E-state index in [9.17, 15) is 19.8 Å². The highest BCUT2D eigenvalue weighted by Gasteiger charge is 2.20. The molecule has 0 aliphatic carbocycles. The Morgan fingerprint density at radius 1 is 0.424 bits per heavy atom. The average molecular weight is 929 g/mol. The minimum Gasteiger partial charge on any atom is -0.466 e. The number of carbonyl (C=O) groups excluding carboxylic acids is 2. The Morgan fingerprint density at radius 2 is 0.758 bits per heavy atom. The van der Waals surface area contributed by atoms with Crippen molar-refractivity contribution in [3.8, 4) is 0 Å². The summed E-state index contributed by atoms with van der Waals surface area (Å²) in [4.78, 5) is 24.5. The predicted molar refractivity (Wildman–Crippen MR) is 287 cm³/mol.